The number of nitrogens with zero attached hydrogens (tertiary/aromatic N) is 2. The van der Waals surface area contributed by atoms with Gasteiger partial charge in [0, 0.05) is 26.2 Å². The lowest BCUT2D eigenvalue weighted by Crippen LogP contribution is -2.57. The number of rotatable bonds is 5. The summed E-state index contributed by atoms with van der Waals surface area (Å²) in [5, 5.41) is 3.15. The molecule has 0 bridgehead atoms. The van der Waals surface area contributed by atoms with Crippen LogP contribution in [-0.2, 0) is 4.79 Å². The fourth-order valence-electron chi connectivity index (χ4n) is 3.26. The van der Waals surface area contributed by atoms with Crippen molar-refractivity contribution in [2.45, 2.75) is 19.9 Å². The van der Waals surface area contributed by atoms with Crippen molar-refractivity contribution < 1.29 is 18.8 Å². The number of hydrogen-bond acceptors (Lipinski definition) is 4. The van der Waals surface area contributed by atoms with Crippen molar-refractivity contribution in [3.05, 3.63) is 59.0 Å². The topological polar surface area (TPSA) is 82.9 Å². The van der Waals surface area contributed by atoms with E-state index in [0.717, 1.165) is 0 Å². The maximum atomic E-state index is 13.1. The first-order valence-electron chi connectivity index (χ1n) is 9.55. The van der Waals surface area contributed by atoms with Crippen LogP contribution in [0.15, 0.2) is 47.1 Å². The molecule has 1 atom stereocenters. The maximum Gasteiger partial charge on any atom is 0.289 e. The normalized spacial score (nSPS) is 15.3. The highest BCUT2D eigenvalue weighted by atomic mass is 35.5. The summed E-state index contributed by atoms with van der Waals surface area (Å²) in [7, 11) is 0. The molecule has 1 aliphatic heterocycles. The lowest BCUT2D eigenvalue weighted by molar-refractivity contribution is -0.135. The van der Waals surface area contributed by atoms with E-state index >= 15 is 0 Å². The molecular weight excluding hydrogens is 394 g/mol. The maximum absolute atomic E-state index is 13.1. The van der Waals surface area contributed by atoms with Gasteiger partial charge in [-0.05, 0) is 30.2 Å². The minimum Gasteiger partial charge on any atom is -0.459 e. The predicted octanol–water partition coefficient (Wildman–Crippen LogP) is 2.67. The van der Waals surface area contributed by atoms with Crippen LogP contribution in [0.5, 0.6) is 0 Å². The zero-order chi connectivity index (χ0) is 21.0. The smallest absolute Gasteiger partial charge is 0.289 e. The molecule has 1 fully saturated rings. The molecular formula is C21H24ClN3O4. The van der Waals surface area contributed by atoms with E-state index in [9.17, 15) is 14.4 Å². The van der Waals surface area contributed by atoms with Crippen LogP contribution in [-0.4, -0.2) is 59.7 Å². The van der Waals surface area contributed by atoms with Gasteiger partial charge in [-0.2, -0.15) is 0 Å². The highest BCUT2D eigenvalue weighted by molar-refractivity contribution is 6.33. The van der Waals surface area contributed by atoms with E-state index in [0.29, 0.717) is 36.8 Å². The Labute approximate surface area is 174 Å². The van der Waals surface area contributed by atoms with Gasteiger partial charge in [-0.3, -0.25) is 14.4 Å². The summed E-state index contributed by atoms with van der Waals surface area (Å²) >= 11 is 6.10. The average molecular weight is 418 g/mol. The molecule has 0 saturated carbocycles. The van der Waals surface area contributed by atoms with Crippen molar-refractivity contribution in [2.75, 3.05) is 26.2 Å². The van der Waals surface area contributed by atoms with Crippen molar-refractivity contribution in [2.24, 2.45) is 5.92 Å². The summed E-state index contributed by atoms with van der Waals surface area (Å²) in [6.45, 7) is 5.38. The third-order valence-corrected chi connectivity index (χ3v) is 5.28. The molecule has 2 aromatic rings. The van der Waals surface area contributed by atoms with Gasteiger partial charge in [-0.15, -0.1) is 0 Å². The molecule has 0 radical (unpaired) electrons. The molecule has 1 N–H and O–H groups in total. The summed E-state index contributed by atoms with van der Waals surface area (Å²) in [6, 6.07) is 9.35. The van der Waals surface area contributed by atoms with Gasteiger partial charge >= 0.3 is 0 Å². The summed E-state index contributed by atoms with van der Waals surface area (Å²) in [6.07, 6.45) is 1.46. The predicted molar refractivity (Wildman–Crippen MR) is 109 cm³/mol. The van der Waals surface area contributed by atoms with Crippen molar-refractivity contribution in [1.82, 2.24) is 15.1 Å². The van der Waals surface area contributed by atoms with Crippen LogP contribution in [0.1, 0.15) is 34.8 Å². The van der Waals surface area contributed by atoms with E-state index in [2.05, 4.69) is 5.32 Å². The number of carbonyl (C=O) groups excluding carboxylic acids is 3. The molecule has 1 unspecified atom stereocenters. The Morgan fingerprint density at radius 2 is 1.66 bits per heavy atom. The number of amides is 3. The molecule has 8 heteroatoms. The van der Waals surface area contributed by atoms with Crippen LogP contribution in [0, 0.1) is 5.92 Å². The molecule has 154 valence electrons. The summed E-state index contributed by atoms with van der Waals surface area (Å²) in [5.74, 6) is -0.539. The van der Waals surface area contributed by atoms with Crippen molar-refractivity contribution in [3.8, 4) is 0 Å². The van der Waals surface area contributed by atoms with Gasteiger partial charge in [0.05, 0.1) is 16.8 Å². The molecule has 29 heavy (non-hydrogen) atoms. The zero-order valence-corrected chi connectivity index (χ0v) is 17.2. The molecule has 3 rings (SSSR count). The van der Waals surface area contributed by atoms with Crippen molar-refractivity contribution >= 4 is 29.3 Å². The monoisotopic (exact) mass is 417 g/mol. The summed E-state index contributed by atoms with van der Waals surface area (Å²) in [5.41, 5.74) is 0.335. The highest BCUT2D eigenvalue weighted by Crippen LogP contribution is 2.17. The second-order valence-electron chi connectivity index (χ2n) is 7.27. The number of carbonyl (C=O) groups is 3. The Bertz CT molecular complexity index is 874. The van der Waals surface area contributed by atoms with Gasteiger partial charge in [0.25, 0.3) is 11.8 Å². The average Bonchev–Trinajstić information content (AvgIpc) is 3.26. The second kappa shape index (κ2) is 9.13. The fraction of sp³-hybridized carbons (Fsp3) is 0.381. The van der Waals surface area contributed by atoms with Crippen LogP contribution in [0.3, 0.4) is 0 Å². The SMILES string of the molecule is CC(C)C(NC(=O)c1ccccc1Cl)C(=O)N1CCN(C(=O)c2ccco2)CC1. The molecule has 2 heterocycles. The minimum atomic E-state index is -0.675. The Balaban J connectivity index is 1.62. The van der Waals surface area contributed by atoms with E-state index in [4.69, 9.17) is 16.0 Å². The Morgan fingerprint density at radius 1 is 1.00 bits per heavy atom. The Hall–Kier alpha value is -2.80. The van der Waals surface area contributed by atoms with Crippen LogP contribution in [0.25, 0.3) is 0 Å². The first-order valence-corrected chi connectivity index (χ1v) is 9.93. The standard InChI is InChI=1S/C21H24ClN3O4/c1-14(2)18(23-19(26)15-6-3-4-7-16(15)22)21(28)25-11-9-24(10-12-25)20(27)17-8-5-13-29-17/h3-8,13-14,18H,9-12H2,1-2H3,(H,23,26). The number of nitrogens with one attached hydrogen (secondary N) is 1. The van der Waals surface area contributed by atoms with Crippen molar-refractivity contribution in [1.29, 1.82) is 0 Å². The zero-order valence-electron chi connectivity index (χ0n) is 16.4. The van der Waals surface area contributed by atoms with Crippen LogP contribution < -0.4 is 5.32 Å². The second-order valence-corrected chi connectivity index (χ2v) is 7.68. The van der Waals surface area contributed by atoms with E-state index in [1.165, 1.54) is 6.26 Å². The molecule has 1 aromatic heterocycles. The van der Waals surface area contributed by atoms with Crippen LogP contribution in [0.4, 0.5) is 0 Å². The van der Waals surface area contributed by atoms with Gasteiger partial charge in [-0.25, -0.2) is 0 Å². The van der Waals surface area contributed by atoms with Gasteiger partial charge in [0.1, 0.15) is 6.04 Å². The van der Waals surface area contributed by atoms with Gasteiger partial charge < -0.3 is 19.5 Å². The van der Waals surface area contributed by atoms with Crippen LogP contribution >= 0.6 is 11.6 Å². The lowest BCUT2D eigenvalue weighted by atomic mass is 10.0. The third kappa shape index (κ3) is 4.79. The quantitative estimate of drug-likeness (QED) is 0.810. The van der Waals surface area contributed by atoms with E-state index < -0.39 is 6.04 Å². The van der Waals surface area contributed by atoms with Crippen molar-refractivity contribution in [3.63, 3.8) is 0 Å². The van der Waals surface area contributed by atoms with Gasteiger partial charge in [0.15, 0.2) is 5.76 Å². The van der Waals surface area contributed by atoms with Crippen LogP contribution in [0.2, 0.25) is 5.02 Å². The van der Waals surface area contributed by atoms with E-state index in [1.54, 1.807) is 46.2 Å². The number of benzene rings is 1. The lowest BCUT2D eigenvalue weighted by Gasteiger charge is -2.37. The third-order valence-electron chi connectivity index (χ3n) is 4.95. The first-order chi connectivity index (χ1) is 13.9. The molecule has 0 aliphatic carbocycles. The van der Waals surface area contributed by atoms with E-state index in [1.807, 2.05) is 13.8 Å². The highest BCUT2D eigenvalue weighted by Gasteiger charge is 2.32. The molecule has 0 spiro atoms. The molecule has 3 amide bonds. The Morgan fingerprint density at radius 3 is 2.24 bits per heavy atom. The Kier molecular flexibility index (Phi) is 6.59. The number of furan rings is 1. The molecule has 7 nitrogen and oxygen atoms in total. The molecule has 1 saturated heterocycles. The number of piperazine rings is 1. The van der Waals surface area contributed by atoms with E-state index in [-0.39, 0.29) is 29.4 Å². The summed E-state index contributed by atoms with van der Waals surface area (Å²) < 4.78 is 5.16. The largest absolute Gasteiger partial charge is 0.459 e. The number of hydrogen-bond donors (Lipinski definition) is 1. The molecule has 1 aromatic carbocycles. The number of halogens is 1. The molecule has 1 aliphatic rings. The summed E-state index contributed by atoms with van der Waals surface area (Å²) in [4.78, 5) is 41.4. The fourth-order valence-corrected chi connectivity index (χ4v) is 3.48. The van der Waals surface area contributed by atoms with Gasteiger partial charge in [-0.1, -0.05) is 37.6 Å². The van der Waals surface area contributed by atoms with Gasteiger partial charge in [0.2, 0.25) is 5.91 Å². The first kappa shape index (κ1) is 20.9. The minimum absolute atomic E-state index is 0.100.